The molecule has 2 aromatic carbocycles. The zero-order chi connectivity index (χ0) is 37.7. The van der Waals surface area contributed by atoms with E-state index >= 15 is 0 Å². The maximum atomic E-state index is 11.8. The predicted octanol–water partition coefficient (Wildman–Crippen LogP) is 3.73. The molecule has 0 bridgehead atoms. The lowest BCUT2D eigenvalue weighted by molar-refractivity contribution is -0.432. The van der Waals surface area contributed by atoms with Gasteiger partial charge in [0, 0.05) is 41.1 Å². The van der Waals surface area contributed by atoms with E-state index in [0.29, 0.717) is 33.9 Å². The zero-order valence-corrected chi connectivity index (χ0v) is 31.1. The number of hydrogen-bond donors (Lipinski definition) is 3. The number of anilines is 1. The minimum atomic E-state index is -4.58. The Balaban J connectivity index is 1.68. The molecule has 18 heteroatoms. The van der Waals surface area contributed by atoms with Crippen LogP contribution in [0, 0.1) is 0 Å². The molecular weight excluding hydrogens is 733 g/mol. The van der Waals surface area contributed by atoms with Crippen molar-refractivity contribution in [3.05, 3.63) is 95.3 Å². The fourth-order valence-corrected chi connectivity index (χ4v) is 7.99. The molecule has 0 fully saturated rings. The van der Waals surface area contributed by atoms with Gasteiger partial charge in [-0.05, 0) is 62.7 Å². The third kappa shape index (κ3) is 8.68. The van der Waals surface area contributed by atoms with E-state index < -0.39 is 62.8 Å². The van der Waals surface area contributed by atoms with Gasteiger partial charge in [0.1, 0.15) is 5.75 Å². The van der Waals surface area contributed by atoms with Crippen LogP contribution in [0.1, 0.15) is 45.7 Å². The summed E-state index contributed by atoms with van der Waals surface area (Å²) in [5.74, 6) is -1.30. The van der Waals surface area contributed by atoms with Crippen LogP contribution in [0.4, 0.5) is 11.4 Å². The number of hydrogen-bond acceptors (Lipinski definition) is 10. The monoisotopic (exact) mass is 770 g/mol. The van der Waals surface area contributed by atoms with Gasteiger partial charge in [0.2, 0.25) is 5.69 Å². The number of benzene rings is 2. The molecule has 0 unspecified atom stereocenters. The molecule has 4 rings (SSSR count). The quantitative estimate of drug-likeness (QED) is 0.159. The van der Waals surface area contributed by atoms with E-state index in [9.17, 15) is 51.9 Å². The Morgan fingerprint density at radius 2 is 1.40 bits per heavy atom. The molecule has 50 heavy (non-hydrogen) atoms. The maximum absolute atomic E-state index is 11.8. The van der Waals surface area contributed by atoms with Gasteiger partial charge < -0.3 is 9.45 Å². The Labute approximate surface area is 292 Å². The van der Waals surface area contributed by atoms with Crippen molar-refractivity contribution in [1.82, 2.24) is 0 Å². The lowest BCUT2D eigenvalue weighted by atomic mass is 9.81. The van der Waals surface area contributed by atoms with E-state index in [4.69, 9.17) is 0 Å². The highest BCUT2D eigenvalue weighted by Crippen LogP contribution is 2.48. The smallest absolute Gasteiger partial charge is 0.294 e. The average Bonchev–Trinajstić information content (AvgIpc) is 3.31. The number of fused-ring (bicyclic) bond motifs is 2. The second-order valence-corrected chi connectivity index (χ2v) is 18.9. The zero-order valence-electron chi connectivity index (χ0n) is 27.8. The SMILES string of the molecule is CC(/C=C/C=C1/N(CCS(=O)(=O)[O-])c2ccc(S(=O)(=O)O)cc2C1(C)C)=C\C=C\C1=[N+](CCS(=O)(=O)O)c2ccc(S(=O)(=O)O)cc2C1(C)C. The molecule has 0 amide bonds. The van der Waals surface area contributed by atoms with Gasteiger partial charge >= 0.3 is 0 Å². The number of nitrogens with zero attached hydrogens (tertiary/aromatic N) is 2. The number of rotatable bonds is 12. The molecule has 0 radical (unpaired) electrons. The van der Waals surface area contributed by atoms with Crippen LogP contribution in [0.2, 0.25) is 0 Å². The molecule has 2 aromatic rings. The fourth-order valence-electron chi connectivity index (χ4n) is 6.16. The van der Waals surface area contributed by atoms with Crippen LogP contribution in [-0.2, 0) is 51.3 Å². The Morgan fingerprint density at radius 1 is 0.820 bits per heavy atom. The normalized spacial score (nSPS) is 18.9. The van der Waals surface area contributed by atoms with Gasteiger partial charge in [0.05, 0.1) is 31.1 Å². The van der Waals surface area contributed by atoms with Crippen molar-refractivity contribution in [3.8, 4) is 0 Å². The molecule has 14 nitrogen and oxygen atoms in total. The predicted molar refractivity (Wildman–Crippen MR) is 187 cm³/mol. The third-order valence-corrected chi connectivity index (χ3v) is 11.8. The van der Waals surface area contributed by atoms with Crippen LogP contribution in [0.15, 0.2) is 93.9 Å². The first-order valence-corrected chi connectivity index (χ1v) is 21.1. The molecule has 0 spiro atoms. The highest BCUT2D eigenvalue weighted by Gasteiger charge is 2.45. The minimum absolute atomic E-state index is 0.135. The van der Waals surface area contributed by atoms with Gasteiger partial charge in [-0.1, -0.05) is 43.7 Å². The molecule has 0 aromatic heterocycles. The molecule has 0 saturated carbocycles. The van der Waals surface area contributed by atoms with E-state index in [2.05, 4.69) is 0 Å². The van der Waals surface area contributed by atoms with Crippen LogP contribution < -0.4 is 4.90 Å². The summed E-state index contributed by atoms with van der Waals surface area (Å²) < 4.78 is 135. The molecule has 0 atom stereocenters. The summed E-state index contributed by atoms with van der Waals surface area (Å²) in [7, 11) is -18.0. The Morgan fingerprint density at radius 3 is 1.96 bits per heavy atom. The van der Waals surface area contributed by atoms with Crippen molar-refractivity contribution in [2.24, 2.45) is 0 Å². The molecule has 3 N–H and O–H groups in total. The third-order valence-electron chi connectivity index (χ3n) is 8.69. The summed E-state index contributed by atoms with van der Waals surface area (Å²) in [6.07, 6.45) is 10.3. The van der Waals surface area contributed by atoms with Crippen LogP contribution in [-0.4, -0.2) is 86.8 Å². The highest BCUT2D eigenvalue weighted by molar-refractivity contribution is 7.86. The first kappa shape index (κ1) is 39.3. The minimum Gasteiger partial charge on any atom is -0.748 e. The highest BCUT2D eigenvalue weighted by atomic mass is 32.2. The van der Waals surface area contributed by atoms with Crippen molar-refractivity contribution in [2.75, 3.05) is 29.5 Å². The van der Waals surface area contributed by atoms with E-state index in [1.807, 2.05) is 0 Å². The summed E-state index contributed by atoms with van der Waals surface area (Å²) in [5.41, 5.74) is 2.23. The number of allylic oxidation sites excluding steroid dienone is 8. The summed E-state index contributed by atoms with van der Waals surface area (Å²) in [6.45, 7) is 8.66. The summed E-state index contributed by atoms with van der Waals surface area (Å²) >= 11 is 0. The molecule has 2 heterocycles. The van der Waals surface area contributed by atoms with E-state index in [0.717, 1.165) is 5.57 Å². The molecule has 2 aliphatic rings. The maximum Gasteiger partial charge on any atom is 0.294 e. The molecule has 0 saturated heterocycles. The second kappa shape index (κ2) is 13.6. The Kier molecular flexibility index (Phi) is 10.7. The van der Waals surface area contributed by atoms with Gasteiger partial charge in [-0.3, -0.25) is 13.7 Å². The van der Waals surface area contributed by atoms with E-state index in [1.165, 1.54) is 36.4 Å². The fraction of sp³-hybridized carbons (Fsp3) is 0.344. The van der Waals surface area contributed by atoms with Gasteiger partial charge in [-0.25, -0.2) is 8.42 Å². The summed E-state index contributed by atoms with van der Waals surface area (Å²) in [5, 5.41) is 0. The van der Waals surface area contributed by atoms with Gasteiger partial charge in [0.25, 0.3) is 30.4 Å². The molecule has 272 valence electrons. The van der Waals surface area contributed by atoms with Crippen LogP contribution in [0.5, 0.6) is 0 Å². The largest absolute Gasteiger partial charge is 0.748 e. The lowest BCUT2D eigenvalue weighted by Crippen LogP contribution is -2.30. The molecule has 0 aliphatic carbocycles. The Bertz CT molecular complexity index is 2330. The van der Waals surface area contributed by atoms with Crippen LogP contribution >= 0.6 is 0 Å². The van der Waals surface area contributed by atoms with Crippen LogP contribution in [0.3, 0.4) is 0 Å². The molecular formula is C32H38N2O12S4. The first-order valence-electron chi connectivity index (χ1n) is 15.0. The molecule has 2 aliphatic heterocycles. The van der Waals surface area contributed by atoms with Gasteiger partial charge in [-0.2, -0.15) is 29.8 Å². The Hall–Kier alpha value is -3.49. The van der Waals surface area contributed by atoms with Gasteiger partial charge in [0.15, 0.2) is 12.3 Å². The first-order chi connectivity index (χ1) is 22.7. The van der Waals surface area contributed by atoms with Crippen molar-refractivity contribution in [2.45, 2.75) is 55.2 Å². The van der Waals surface area contributed by atoms with Gasteiger partial charge in [-0.15, -0.1) is 0 Å². The lowest BCUT2D eigenvalue weighted by Gasteiger charge is -2.27. The average molecular weight is 771 g/mol. The van der Waals surface area contributed by atoms with E-state index in [1.54, 1.807) is 80.6 Å². The standard InChI is InChI=1S/C32H38N2O12S4/c1-22(8-6-10-29-31(2,3)25-20-23(49(41,42)43)12-14-27(25)33(29)16-18-47(35,36)37)9-7-11-30-32(4,5)26-21-24(50(44,45)46)13-15-28(26)34(30)17-19-48(38,39)40/h6-15,20-21H,16-19H2,1-5H3,(H3-,35,36,37,38,39,40,41,42,43,44,45,46). The van der Waals surface area contributed by atoms with Crippen molar-refractivity contribution in [1.29, 1.82) is 0 Å². The van der Waals surface area contributed by atoms with Crippen molar-refractivity contribution in [3.63, 3.8) is 0 Å². The van der Waals surface area contributed by atoms with E-state index in [-0.39, 0.29) is 22.9 Å². The van der Waals surface area contributed by atoms with Crippen LogP contribution in [0.25, 0.3) is 0 Å². The topological polar surface area (TPSA) is 227 Å². The van der Waals surface area contributed by atoms with Crippen molar-refractivity contribution >= 4 is 57.6 Å². The van der Waals surface area contributed by atoms with Crippen molar-refractivity contribution < 1.29 is 56.5 Å². The second-order valence-electron chi connectivity index (χ2n) is 13.0. The summed E-state index contributed by atoms with van der Waals surface area (Å²) in [6, 6.07) is 7.95. The summed E-state index contributed by atoms with van der Waals surface area (Å²) in [4.78, 5) is 0.970.